The molecular formula is C47H62OSSi2. The molecule has 0 amide bonds. The van der Waals surface area contributed by atoms with Gasteiger partial charge in [-0.25, -0.2) is 0 Å². The van der Waals surface area contributed by atoms with E-state index in [2.05, 4.69) is 167 Å². The third kappa shape index (κ3) is 8.42. The Bertz CT molecular complexity index is 2000. The summed E-state index contributed by atoms with van der Waals surface area (Å²) in [4.78, 5) is 0. The Morgan fingerprint density at radius 2 is 1.04 bits per heavy atom. The lowest BCUT2D eigenvalue weighted by atomic mass is 9.95. The van der Waals surface area contributed by atoms with E-state index in [1.54, 1.807) is 11.3 Å². The lowest BCUT2D eigenvalue weighted by molar-refractivity contribution is 0.174. The van der Waals surface area contributed by atoms with E-state index in [0.29, 0.717) is 33.2 Å². The number of aliphatic hydroxyl groups excluding tert-OH is 1. The number of fused-ring (bicyclic) bond motifs is 3. The summed E-state index contributed by atoms with van der Waals surface area (Å²) in [5.74, 6) is 7.71. The summed E-state index contributed by atoms with van der Waals surface area (Å²) in [5, 5.41) is 20.8. The largest absolute Gasteiger partial charge is 0.388 e. The van der Waals surface area contributed by atoms with E-state index < -0.39 is 16.1 Å². The molecule has 0 radical (unpaired) electrons. The molecule has 4 aromatic carbocycles. The SMILES string of the molecule is CC(C)[Si](C#Cc1ccc2cc3cc4ccccc4cc3cc2c1C#C[Si](C(C)C)(C(C)C)C(C)C)(C(C)C)C(C)C.CCC(O)c1ccsc1. The average Bonchev–Trinajstić information content (AvgIpc) is 3.62. The molecule has 51 heavy (non-hydrogen) atoms. The highest BCUT2D eigenvalue weighted by Gasteiger charge is 2.42. The first-order valence-corrected chi connectivity index (χ1v) is 24.7. The molecule has 0 saturated carbocycles. The second kappa shape index (κ2) is 17.1. The van der Waals surface area contributed by atoms with Gasteiger partial charge in [-0.3, -0.25) is 0 Å². The zero-order valence-corrected chi connectivity index (χ0v) is 36.4. The minimum atomic E-state index is -1.92. The molecule has 5 rings (SSSR count). The molecule has 1 atom stereocenters. The van der Waals surface area contributed by atoms with Crippen molar-refractivity contribution in [3.05, 3.63) is 94.2 Å². The molecule has 1 nitrogen and oxygen atoms in total. The van der Waals surface area contributed by atoms with E-state index in [1.807, 2.05) is 23.8 Å². The van der Waals surface area contributed by atoms with Gasteiger partial charge in [0.05, 0.1) is 6.10 Å². The maximum absolute atomic E-state index is 9.22. The maximum atomic E-state index is 9.22. The van der Waals surface area contributed by atoms with Gasteiger partial charge >= 0.3 is 0 Å². The van der Waals surface area contributed by atoms with Gasteiger partial charge in [0.1, 0.15) is 16.1 Å². The Morgan fingerprint density at radius 1 is 0.569 bits per heavy atom. The molecule has 270 valence electrons. The maximum Gasteiger partial charge on any atom is 0.146 e. The van der Waals surface area contributed by atoms with E-state index in [0.717, 1.165) is 23.1 Å². The second-order valence-corrected chi connectivity index (χ2v) is 28.3. The first-order chi connectivity index (χ1) is 24.1. The number of hydrogen-bond donors (Lipinski definition) is 1. The summed E-state index contributed by atoms with van der Waals surface area (Å²) in [6.45, 7) is 30.7. The minimum absolute atomic E-state index is 0.253. The molecule has 4 heteroatoms. The zero-order chi connectivity index (χ0) is 37.7. The molecule has 5 aromatic rings. The van der Waals surface area contributed by atoms with Crippen molar-refractivity contribution in [3.63, 3.8) is 0 Å². The van der Waals surface area contributed by atoms with Crippen LogP contribution >= 0.6 is 11.3 Å². The summed E-state index contributed by atoms with van der Waals surface area (Å²) in [6.07, 6.45) is 0.549. The van der Waals surface area contributed by atoms with Crippen LogP contribution in [0.2, 0.25) is 33.2 Å². The Labute approximate surface area is 316 Å². The van der Waals surface area contributed by atoms with Crippen molar-refractivity contribution in [1.82, 2.24) is 0 Å². The first kappa shape index (κ1) is 40.6. The van der Waals surface area contributed by atoms with Gasteiger partial charge in [0.15, 0.2) is 0 Å². The number of benzene rings is 4. The number of hydrogen-bond acceptors (Lipinski definition) is 2. The molecule has 1 N–H and O–H groups in total. The Balaban J connectivity index is 0.000000563. The number of aliphatic hydroxyl groups is 1. The molecule has 0 aliphatic rings. The average molecular weight is 731 g/mol. The van der Waals surface area contributed by atoms with Gasteiger partial charge in [0.2, 0.25) is 0 Å². The van der Waals surface area contributed by atoms with Crippen molar-refractivity contribution in [2.24, 2.45) is 0 Å². The van der Waals surface area contributed by atoms with Crippen molar-refractivity contribution in [1.29, 1.82) is 0 Å². The van der Waals surface area contributed by atoms with Gasteiger partial charge < -0.3 is 5.11 Å². The van der Waals surface area contributed by atoms with Crippen molar-refractivity contribution in [2.45, 2.75) is 136 Å². The molecule has 1 aromatic heterocycles. The fourth-order valence-electron chi connectivity index (χ4n) is 8.92. The van der Waals surface area contributed by atoms with E-state index in [1.165, 1.54) is 32.3 Å². The van der Waals surface area contributed by atoms with E-state index >= 15 is 0 Å². The van der Waals surface area contributed by atoms with E-state index in [-0.39, 0.29) is 6.10 Å². The Kier molecular flexibility index (Phi) is 13.7. The van der Waals surface area contributed by atoms with Crippen LogP contribution in [0.1, 0.15) is 119 Å². The molecule has 0 spiro atoms. The third-order valence-corrected chi connectivity index (χ3v) is 25.0. The lowest BCUT2D eigenvalue weighted by Gasteiger charge is -2.38. The van der Waals surface area contributed by atoms with Gasteiger partial charge in [-0.15, -0.1) is 11.1 Å². The molecule has 0 aliphatic carbocycles. The van der Waals surface area contributed by atoms with Crippen LogP contribution in [0.4, 0.5) is 0 Å². The van der Waals surface area contributed by atoms with Gasteiger partial charge in [0, 0.05) is 11.1 Å². The summed E-state index contributed by atoms with van der Waals surface area (Å²) in [5.41, 5.74) is 14.9. The second-order valence-electron chi connectivity index (χ2n) is 16.4. The summed E-state index contributed by atoms with van der Waals surface area (Å²) in [6, 6.07) is 24.6. The van der Waals surface area contributed by atoms with Crippen LogP contribution < -0.4 is 0 Å². The predicted octanol–water partition coefficient (Wildman–Crippen LogP) is 14.5. The van der Waals surface area contributed by atoms with Crippen LogP contribution in [0.3, 0.4) is 0 Å². The van der Waals surface area contributed by atoms with Gasteiger partial charge in [0.25, 0.3) is 0 Å². The van der Waals surface area contributed by atoms with Gasteiger partial charge in [-0.05, 0) is 125 Å². The van der Waals surface area contributed by atoms with Gasteiger partial charge in [-0.1, -0.05) is 132 Å². The first-order valence-electron chi connectivity index (χ1n) is 19.3. The Hall–Kier alpha value is -3.13. The number of thiophene rings is 1. The zero-order valence-electron chi connectivity index (χ0n) is 33.6. The van der Waals surface area contributed by atoms with Crippen molar-refractivity contribution in [3.8, 4) is 22.9 Å². The third-order valence-electron chi connectivity index (χ3n) is 11.7. The molecule has 1 heterocycles. The van der Waals surface area contributed by atoms with Crippen molar-refractivity contribution in [2.75, 3.05) is 0 Å². The van der Waals surface area contributed by atoms with Crippen LogP contribution in [-0.4, -0.2) is 21.3 Å². The summed E-state index contributed by atoms with van der Waals surface area (Å²) in [7, 11) is -3.81. The fraction of sp³-hybridized carbons (Fsp3) is 0.447. The van der Waals surface area contributed by atoms with Crippen molar-refractivity contribution < 1.29 is 5.11 Å². The lowest BCUT2D eigenvalue weighted by Crippen LogP contribution is -2.43. The fourth-order valence-corrected chi connectivity index (χ4v) is 20.0. The van der Waals surface area contributed by atoms with E-state index in [4.69, 9.17) is 0 Å². The van der Waals surface area contributed by atoms with Crippen LogP contribution in [-0.2, 0) is 0 Å². The quantitative estimate of drug-likeness (QED) is 0.0957. The molecular weight excluding hydrogens is 669 g/mol. The van der Waals surface area contributed by atoms with Gasteiger partial charge in [-0.2, -0.15) is 11.3 Å². The molecule has 0 aliphatic heterocycles. The minimum Gasteiger partial charge on any atom is -0.388 e. The standard InChI is InChI=1S/C40H52Si2.C7H10OS/c1-27(2)41(28(3)4,29(5)6)21-19-33-17-18-36-25-37-23-34-15-13-14-16-35(34)24-38(37)26-40(36)39(33)20-22-42(30(7)8,31(9)10)32(11)12;1-2-7(8)6-3-4-9-5-6/h13-18,23-32H,1-12H3;3-5,7-8H,2H2,1H3. The highest BCUT2D eigenvalue weighted by molar-refractivity contribution is 7.08. The highest BCUT2D eigenvalue weighted by atomic mass is 32.1. The highest BCUT2D eigenvalue weighted by Crippen LogP contribution is 2.42. The Morgan fingerprint density at radius 3 is 1.49 bits per heavy atom. The van der Waals surface area contributed by atoms with Crippen LogP contribution in [0, 0.1) is 22.9 Å². The smallest absolute Gasteiger partial charge is 0.146 e. The normalized spacial score (nSPS) is 12.9. The predicted molar refractivity (Wildman–Crippen MR) is 234 cm³/mol. The van der Waals surface area contributed by atoms with E-state index in [9.17, 15) is 5.11 Å². The molecule has 0 fully saturated rings. The summed E-state index contributed by atoms with van der Waals surface area (Å²) < 4.78 is 0. The number of rotatable bonds is 8. The van der Waals surface area contributed by atoms with Crippen LogP contribution in [0.5, 0.6) is 0 Å². The molecule has 1 unspecified atom stereocenters. The van der Waals surface area contributed by atoms with Crippen molar-refractivity contribution >= 4 is 59.8 Å². The van der Waals surface area contributed by atoms with Crippen LogP contribution in [0.25, 0.3) is 32.3 Å². The monoisotopic (exact) mass is 730 g/mol. The molecule has 0 saturated heterocycles. The van der Waals surface area contributed by atoms with Crippen LogP contribution in [0.15, 0.2) is 77.5 Å². The summed E-state index contributed by atoms with van der Waals surface area (Å²) >= 11 is 1.62. The topological polar surface area (TPSA) is 20.2 Å². The molecule has 0 bridgehead atoms.